The van der Waals surface area contributed by atoms with Crippen LogP contribution in [0.25, 0.3) is 0 Å². The maximum absolute atomic E-state index is 10.9. The van der Waals surface area contributed by atoms with Crippen molar-refractivity contribution in [1.82, 2.24) is 0 Å². The number of hydrogen-bond donors (Lipinski definition) is 6. The molecular weight excluding hydrogens is 296 g/mol. The summed E-state index contributed by atoms with van der Waals surface area (Å²) in [4.78, 5) is -3.73. The second-order valence-electron chi connectivity index (χ2n) is 3.00. The Morgan fingerprint density at radius 1 is 0.556 bits per heavy atom. The van der Waals surface area contributed by atoms with Crippen LogP contribution in [-0.4, -0.2) is 46.4 Å². The normalized spacial score (nSPS) is 12.6. The summed E-state index contributed by atoms with van der Waals surface area (Å²) in [6.45, 7) is 0. The third kappa shape index (κ3) is 2.13. The highest BCUT2D eigenvalue weighted by atomic mass is 32.2. The summed E-state index contributed by atoms with van der Waals surface area (Å²) in [7, 11) is -10.9. The van der Waals surface area contributed by atoms with Crippen molar-refractivity contribution in [2.24, 2.45) is 0 Å². The molecule has 0 atom stereocenters. The summed E-state index contributed by atoms with van der Waals surface area (Å²) < 4.78 is 60.8. The fraction of sp³-hybridized carbons (Fsp3) is 0. The summed E-state index contributed by atoms with van der Waals surface area (Å²) >= 11 is 0. The van der Waals surface area contributed by atoms with Crippen molar-refractivity contribution in [2.75, 3.05) is 0 Å². The molecule has 1 rings (SSSR count). The molecule has 12 heteroatoms. The fourth-order valence-electron chi connectivity index (χ4n) is 1.13. The summed E-state index contributed by atoms with van der Waals surface area (Å²) in [5, 5.41) is 36.3. The minimum absolute atomic E-state index is 1.59. The van der Waals surface area contributed by atoms with E-state index in [0.29, 0.717) is 0 Å². The van der Waals surface area contributed by atoms with Gasteiger partial charge in [0, 0.05) is 0 Å². The van der Waals surface area contributed by atoms with Crippen molar-refractivity contribution in [3.8, 4) is 23.0 Å². The van der Waals surface area contributed by atoms with Crippen LogP contribution in [-0.2, 0) is 20.2 Å². The summed E-state index contributed by atoms with van der Waals surface area (Å²) in [6, 6.07) is 0. The molecule has 0 radical (unpaired) electrons. The number of benzene rings is 1. The third-order valence-electron chi connectivity index (χ3n) is 1.83. The van der Waals surface area contributed by atoms with Crippen molar-refractivity contribution in [2.45, 2.75) is 9.79 Å². The van der Waals surface area contributed by atoms with Crippen molar-refractivity contribution < 1.29 is 46.4 Å². The Morgan fingerprint density at radius 2 is 0.778 bits per heavy atom. The molecule has 0 saturated heterocycles. The van der Waals surface area contributed by atoms with Gasteiger partial charge in [0.15, 0.2) is 21.3 Å². The molecule has 0 amide bonds. The monoisotopic (exact) mass is 302 g/mol. The van der Waals surface area contributed by atoms with Gasteiger partial charge < -0.3 is 20.4 Å². The van der Waals surface area contributed by atoms with E-state index in [1.165, 1.54) is 0 Å². The molecular formula is C6H6O10S2. The molecule has 102 valence electrons. The van der Waals surface area contributed by atoms with Crippen LogP contribution in [0.3, 0.4) is 0 Å². The van der Waals surface area contributed by atoms with E-state index in [1.807, 2.05) is 0 Å². The fourth-order valence-corrected chi connectivity index (χ4v) is 3.11. The van der Waals surface area contributed by atoms with Crippen molar-refractivity contribution >= 4 is 20.2 Å². The van der Waals surface area contributed by atoms with Crippen molar-refractivity contribution in [3.05, 3.63) is 0 Å². The Labute approximate surface area is 99.9 Å². The molecule has 1 aromatic carbocycles. The van der Waals surface area contributed by atoms with Crippen LogP contribution in [0, 0.1) is 0 Å². The molecule has 0 aromatic heterocycles. The molecule has 0 saturated carbocycles. The van der Waals surface area contributed by atoms with E-state index in [9.17, 15) is 16.8 Å². The molecule has 0 aliphatic carbocycles. The van der Waals surface area contributed by atoms with Gasteiger partial charge in [0.2, 0.25) is 11.5 Å². The first-order valence-electron chi connectivity index (χ1n) is 3.83. The van der Waals surface area contributed by atoms with E-state index in [-0.39, 0.29) is 0 Å². The van der Waals surface area contributed by atoms with Crippen LogP contribution < -0.4 is 0 Å². The van der Waals surface area contributed by atoms with Crippen molar-refractivity contribution in [3.63, 3.8) is 0 Å². The average Bonchev–Trinajstić information content (AvgIpc) is 2.16. The zero-order valence-corrected chi connectivity index (χ0v) is 9.77. The summed E-state index contributed by atoms with van der Waals surface area (Å²) in [5.74, 6) is -6.68. The van der Waals surface area contributed by atoms with Crippen LogP contribution >= 0.6 is 0 Å². The molecule has 0 bridgehead atoms. The first-order valence-corrected chi connectivity index (χ1v) is 6.71. The van der Waals surface area contributed by atoms with Crippen LogP contribution in [0.2, 0.25) is 0 Å². The first kappa shape index (κ1) is 14.3. The Bertz CT molecular complexity index is 650. The van der Waals surface area contributed by atoms with Crippen LogP contribution in [0.5, 0.6) is 23.0 Å². The molecule has 0 heterocycles. The Kier molecular flexibility index (Phi) is 3.08. The maximum atomic E-state index is 10.9. The summed E-state index contributed by atoms with van der Waals surface area (Å²) in [5.41, 5.74) is 0. The Morgan fingerprint density at radius 3 is 0.944 bits per heavy atom. The highest BCUT2D eigenvalue weighted by molar-refractivity contribution is 7.89. The van der Waals surface area contributed by atoms with E-state index in [1.54, 1.807) is 0 Å². The minimum atomic E-state index is -5.43. The standard InChI is InChI=1S/C6H6O10S2/c7-1-2(8)4(10)6(18(14,15)16)5(3(1)9)17(11,12)13/h7-10H,(H,11,12,13)(H,14,15,16). The molecule has 0 unspecified atom stereocenters. The number of hydrogen-bond acceptors (Lipinski definition) is 8. The van der Waals surface area contributed by atoms with Gasteiger partial charge in [-0.25, -0.2) is 0 Å². The van der Waals surface area contributed by atoms with Gasteiger partial charge in [-0.15, -0.1) is 0 Å². The smallest absolute Gasteiger partial charge is 0.299 e. The molecule has 0 aliphatic rings. The predicted octanol–water partition coefficient (Wildman–Crippen LogP) is -0.998. The number of phenolic OH excluding ortho intramolecular Hbond substituents is 4. The largest absolute Gasteiger partial charge is 0.503 e. The molecule has 0 aliphatic heterocycles. The van der Waals surface area contributed by atoms with Gasteiger partial charge in [-0.1, -0.05) is 0 Å². The van der Waals surface area contributed by atoms with Gasteiger partial charge in [-0.3, -0.25) is 9.11 Å². The van der Waals surface area contributed by atoms with Crippen LogP contribution in [0.1, 0.15) is 0 Å². The second-order valence-corrected chi connectivity index (χ2v) is 5.72. The SMILES string of the molecule is O=S(=O)(O)c1c(O)c(O)c(O)c(O)c1S(=O)(=O)O. The van der Waals surface area contributed by atoms with E-state index in [2.05, 4.69) is 0 Å². The maximum Gasteiger partial charge on any atom is 0.299 e. The average molecular weight is 302 g/mol. The lowest BCUT2D eigenvalue weighted by Gasteiger charge is -2.11. The van der Waals surface area contributed by atoms with Crippen LogP contribution in [0.15, 0.2) is 9.79 Å². The zero-order chi connectivity index (χ0) is 14.5. The Balaban J connectivity index is 4.16. The zero-order valence-electron chi connectivity index (χ0n) is 8.13. The van der Waals surface area contributed by atoms with Gasteiger partial charge in [0.25, 0.3) is 20.2 Å². The topological polar surface area (TPSA) is 190 Å². The lowest BCUT2D eigenvalue weighted by atomic mass is 10.2. The molecule has 10 nitrogen and oxygen atoms in total. The second kappa shape index (κ2) is 3.88. The van der Waals surface area contributed by atoms with Gasteiger partial charge in [0.1, 0.15) is 0 Å². The predicted molar refractivity (Wildman–Crippen MR) is 52.7 cm³/mol. The number of rotatable bonds is 2. The molecule has 0 spiro atoms. The summed E-state index contributed by atoms with van der Waals surface area (Å²) in [6.07, 6.45) is 0. The van der Waals surface area contributed by atoms with Gasteiger partial charge >= 0.3 is 0 Å². The number of aromatic hydroxyl groups is 4. The lowest BCUT2D eigenvalue weighted by molar-refractivity contribution is 0.326. The van der Waals surface area contributed by atoms with Gasteiger partial charge in [-0.05, 0) is 0 Å². The highest BCUT2D eigenvalue weighted by Gasteiger charge is 2.36. The Hall–Kier alpha value is -1.76. The third-order valence-corrected chi connectivity index (χ3v) is 3.78. The van der Waals surface area contributed by atoms with E-state index in [4.69, 9.17) is 29.5 Å². The quantitative estimate of drug-likeness (QED) is 0.224. The van der Waals surface area contributed by atoms with E-state index in [0.717, 1.165) is 0 Å². The van der Waals surface area contributed by atoms with Crippen molar-refractivity contribution in [1.29, 1.82) is 0 Å². The van der Waals surface area contributed by atoms with E-state index < -0.39 is 53.0 Å². The molecule has 18 heavy (non-hydrogen) atoms. The molecule has 1 aromatic rings. The van der Waals surface area contributed by atoms with Gasteiger partial charge in [0.05, 0.1) is 0 Å². The van der Waals surface area contributed by atoms with E-state index >= 15 is 0 Å². The van der Waals surface area contributed by atoms with Crippen LogP contribution in [0.4, 0.5) is 0 Å². The number of phenols is 4. The first-order chi connectivity index (χ1) is 7.89. The highest BCUT2D eigenvalue weighted by Crippen LogP contribution is 2.50. The van der Waals surface area contributed by atoms with Gasteiger partial charge in [-0.2, -0.15) is 16.8 Å². The molecule has 0 fully saturated rings. The minimum Gasteiger partial charge on any atom is -0.503 e. The lowest BCUT2D eigenvalue weighted by Crippen LogP contribution is -2.09. The molecule has 6 N–H and O–H groups in total.